The molecule has 110 valence electrons. The maximum absolute atomic E-state index is 4.36. The molecule has 0 atom stereocenters. The van der Waals surface area contributed by atoms with Crippen LogP contribution in [0.3, 0.4) is 0 Å². The lowest BCUT2D eigenvalue weighted by Crippen LogP contribution is -2.46. The van der Waals surface area contributed by atoms with Crippen molar-refractivity contribution >= 4 is 37.8 Å². The molecule has 2 aromatic rings. The molecule has 1 fully saturated rings. The van der Waals surface area contributed by atoms with E-state index in [0.717, 1.165) is 47.6 Å². The lowest BCUT2D eigenvalue weighted by atomic mass is 10.2. The summed E-state index contributed by atoms with van der Waals surface area (Å²) < 4.78 is 1.94. The molecule has 5 nitrogen and oxygen atoms in total. The van der Waals surface area contributed by atoms with E-state index >= 15 is 0 Å². The number of hydrogen-bond donors (Lipinski definition) is 0. The first kappa shape index (κ1) is 14.9. The van der Waals surface area contributed by atoms with Gasteiger partial charge in [-0.1, -0.05) is 0 Å². The summed E-state index contributed by atoms with van der Waals surface area (Å²) in [5.74, 6) is 0.807. The van der Waals surface area contributed by atoms with Gasteiger partial charge in [-0.05, 0) is 43.5 Å². The van der Waals surface area contributed by atoms with Gasteiger partial charge in [-0.25, -0.2) is 9.97 Å². The maximum Gasteiger partial charge on any atom is 0.225 e. The van der Waals surface area contributed by atoms with Crippen LogP contribution >= 0.6 is 31.9 Å². The summed E-state index contributed by atoms with van der Waals surface area (Å²) in [6.45, 7) is 4.84. The number of piperazine rings is 1. The van der Waals surface area contributed by atoms with E-state index in [-0.39, 0.29) is 0 Å². The molecule has 0 N–H and O–H groups in total. The fraction of sp³-hybridized carbons (Fsp3) is 0.357. The van der Waals surface area contributed by atoms with Gasteiger partial charge in [0.25, 0.3) is 0 Å². The van der Waals surface area contributed by atoms with Crippen LogP contribution in [0.4, 0.5) is 5.95 Å². The summed E-state index contributed by atoms with van der Waals surface area (Å²) in [4.78, 5) is 17.6. The van der Waals surface area contributed by atoms with E-state index in [0.29, 0.717) is 0 Å². The zero-order valence-corrected chi connectivity index (χ0v) is 14.6. The van der Waals surface area contributed by atoms with Crippen LogP contribution in [-0.4, -0.2) is 46.0 Å². The lowest BCUT2D eigenvalue weighted by Gasteiger charge is -2.34. The molecular weight excluding hydrogens is 398 g/mol. The molecule has 21 heavy (non-hydrogen) atoms. The Kier molecular flexibility index (Phi) is 4.82. The quantitative estimate of drug-likeness (QED) is 0.775. The van der Waals surface area contributed by atoms with Crippen molar-refractivity contribution in [2.45, 2.75) is 6.54 Å². The average Bonchev–Trinajstić information content (AvgIpc) is 2.49. The number of aromatic nitrogens is 3. The molecule has 0 aromatic carbocycles. The van der Waals surface area contributed by atoms with E-state index in [1.807, 2.05) is 12.4 Å². The summed E-state index contributed by atoms with van der Waals surface area (Å²) in [5.41, 5.74) is 1.23. The standard InChI is InChI=1S/C14H15Br2N5/c15-12-5-11(6-17-7-12)10-20-1-3-21(4-2-20)14-18-8-13(16)9-19-14/h5-9H,1-4,10H2. The SMILES string of the molecule is Brc1cnc(N2CCN(Cc3cncc(Br)c3)CC2)nc1. The molecule has 3 rings (SSSR count). The highest BCUT2D eigenvalue weighted by atomic mass is 79.9. The molecule has 0 radical (unpaired) electrons. The van der Waals surface area contributed by atoms with E-state index in [1.165, 1.54) is 5.56 Å². The monoisotopic (exact) mass is 411 g/mol. The molecule has 2 aromatic heterocycles. The van der Waals surface area contributed by atoms with Crippen LogP contribution in [-0.2, 0) is 6.54 Å². The molecule has 1 saturated heterocycles. The molecule has 1 aliphatic heterocycles. The first-order chi connectivity index (χ1) is 10.2. The smallest absolute Gasteiger partial charge is 0.225 e. The molecule has 0 bridgehead atoms. The molecule has 0 spiro atoms. The Bertz CT molecular complexity index is 597. The molecule has 3 heterocycles. The van der Waals surface area contributed by atoms with Crippen LogP contribution < -0.4 is 4.90 Å². The molecular formula is C14H15Br2N5. The molecule has 1 aliphatic rings. The van der Waals surface area contributed by atoms with Gasteiger partial charge in [0.05, 0.1) is 4.47 Å². The predicted molar refractivity (Wildman–Crippen MR) is 89.2 cm³/mol. The third kappa shape index (κ3) is 3.99. The number of rotatable bonds is 3. The number of hydrogen-bond acceptors (Lipinski definition) is 5. The maximum atomic E-state index is 4.36. The first-order valence-electron chi connectivity index (χ1n) is 6.75. The van der Waals surface area contributed by atoms with Gasteiger partial charge in [0, 0.05) is 62.0 Å². The molecule has 0 amide bonds. The third-order valence-corrected chi connectivity index (χ3v) is 4.27. The van der Waals surface area contributed by atoms with Gasteiger partial charge in [-0.2, -0.15) is 0 Å². The fourth-order valence-corrected chi connectivity index (χ4v) is 2.99. The number of pyridine rings is 1. The van der Waals surface area contributed by atoms with E-state index in [9.17, 15) is 0 Å². The zero-order valence-electron chi connectivity index (χ0n) is 11.4. The third-order valence-electron chi connectivity index (χ3n) is 3.43. The molecule has 0 saturated carbocycles. The van der Waals surface area contributed by atoms with Crippen LogP contribution in [0.15, 0.2) is 39.8 Å². The van der Waals surface area contributed by atoms with Gasteiger partial charge >= 0.3 is 0 Å². The lowest BCUT2D eigenvalue weighted by molar-refractivity contribution is 0.248. The highest BCUT2D eigenvalue weighted by Crippen LogP contribution is 2.16. The summed E-state index contributed by atoms with van der Waals surface area (Å²) in [6, 6.07) is 2.12. The van der Waals surface area contributed by atoms with Crippen molar-refractivity contribution in [2.24, 2.45) is 0 Å². The summed E-state index contributed by atoms with van der Waals surface area (Å²) in [7, 11) is 0. The largest absolute Gasteiger partial charge is 0.338 e. The Labute approximate surface area is 140 Å². The second-order valence-electron chi connectivity index (χ2n) is 4.98. The van der Waals surface area contributed by atoms with Gasteiger partial charge in [-0.15, -0.1) is 0 Å². The zero-order chi connectivity index (χ0) is 14.7. The second kappa shape index (κ2) is 6.81. The van der Waals surface area contributed by atoms with Crippen LogP contribution in [0.1, 0.15) is 5.56 Å². The topological polar surface area (TPSA) is 45.2 Å². The minimum Gasteiger partial charge on any atom is -0.338 e. The van der Waals surface area contributed by atoms with Gasteiger partial charge in [-0.3, -0.25) is 9.88 Å². The van der Waals surface area contributed by atoms with Crippen molar-refractivity contribution in [1.29, 1.82) is 0 Å². The van der Waals surface area contributed by atoms with Crippen molar-refractivity contribution in [3.63, 3.8) is 0 Å². The highest BCUT2D eigenvalue weighted by Gasteiger charge is 2.19. The van der Waals surface area contributed by atoms with Crippen molar-refractivity contribution in [2.75, 3.05) is 31.1 Å². The Hall–Kier alpha value is -1.05. The molecule has 7 heteroatoms. The second-order valence-corrected chi connectivity index (χ2v) is 6.81. The van der Waals surface area contributed by atoms with E-state index in [2.05, 4.69) is 62.7 Å². The fourth-order valence-electron chi connectivity index (χ4n) is 2.38. The van der Waals surface area contributed by atoms with Crippen LogP contribution in [0, 0.1) is 0 Å². The summed E-state index contributed by atoms with van der Waals surface area (Å²) >= 11 is 6.82. The van der Waals surface area contributed by atoms with Crippen molar-refractivity contribution in [3.05, 3.63) is 45.4 Å². The van der Waals surface area contributed by atoms with E-state index in [1.54, 1.807) is 12.4 Å². The van der Waals surface area contributed by atoms with Crippen LogP contribution in [0.2, 0.25) is 0 Å². The van der Waals surface area contributed by atoms with Crippen molar-refractivity contribution in [3.8, 4) is 0 Å². The first-order valence-corrected chi connectivity index (χ1v) is 8.33. The van der Waals surface area contributed by atoms with Crippen LogP contribution in [0.5, 0.6) is 0 Å². The van der Waals surface area contributed by atoms with Crippen LogP contribution in [0.25, 0.3) is 0 Å². The highest BCUT2D eigenvalue weighted by molar-refractivity contribution is 9.10. The summed E-state index contributed by atoms with van der Waals surface area (Å²) in [5, 5.41) is 0. The van der Waals surface area contributed by atoms with Gasteiger partial charge in [0.15, 0.2) is 0 Å². The summed E-state index contributed by atoms with van der Waals surface area (Å²) in [6.07, 6.45) is 7.32. The number of nitrogens with zero attached hydrogens (tertiary/aromatic N) is 5. The predicted octanol–water partition coefficient (Wildman–Crippen LogP) is 2.72. The minimum absolute atomic E-state index is 0.807. The van der Waals surface area contributed by atoms with Crippen molar-refractivity contribution in [1.82, 2.24) is 19.9 Å². The van der Waals surface area contributed by atoms with E-state index < -0.39 is 0 Å². The molecule has 0 aliphatic carbocycles. The van der Waals surface area contributed by atoms with Crippen molar-refractivity contribution < 1.29 is 0 Å². The normalized spacial score (nSPS) is 16.2. The number of anilines is 1. The van der Waals surface area contributed by atoms with Gasteiger partial charge < -0.3 is 4.90 Å². The molecule has 0 unspecified atom stereocenters. The van der Waals surface area contributed by atoms with Gasteiger partial charge in [0.2, 0.25) is 5.95 Å². The minimum atomic E-state index is 0.807. The Morgan fingerprint density at radius 1 is 0.905 bits per heavy atom. The Morgan fingerprint density at radius 2 is 1.62 bits per heavy atom. The number of halogens is 2. The Balaban J connectivity index is 1.56. The Morgan fingerprint density at radius 3 is 2.29 bits per heavy atom. The van der Waals surface area contributed by atoms with E-state index in [4.69, 9.17) is 0 Å². The average molecular weight is 413 g/mol. The van der Waals surface area contributed by atoms with Gasteiger partial charge in [0.1, 0.15) is 0 Å².